The molecule has 12 aliphatic carbocycles. The van der Waals surface area contributed by atoms with E-state index in [-0.39, 0.29) is 152 Å². The van der Waals surface area contributed by atoms with Gasteiger partial charge in [-0.3, -0.25) is 43.5 Å². The van der Waals surface area contributed by atoms with Crippen molar-refractivity contribution in [2.24, 2.45) is 123 Å². The van der Waals surface area contributed by atoms with Gasteiger partial charge in [-0.2, -0.15) is 10.2 Å². The maximum absolute atomic E-state index is 13.6. The number of nitrogens with zero attached hydrogens (tertiary/aromatic N) is 7. The molecule has 24 heteroatoms. The molecule has 596 valence electrons. The summed E-state index contributed by atoms with van der Waals surface area (Å²) >= 11 is 3.42. The van der Waals surface area contributed by atoms with E-state index < -0.39 is 16.8 Å². The van der Waals surface area contributed by atoms with Crippen LogP contribution in [0, 0.1) is 128 Å². The van der Waals surface area contributed by atoms with Crippen LogP contribution in [0.2, 0.25) is 0 Å². The van der Waals surface area contributed by atoms with Gasteiger partial charge in [0.05, 0.1) is 72.1 Å². The fraction of sp³-hybridized carbons (Fsp3) is 0.744. The smallest absolute Gasteiger partial charge is 1.00 e. The van der Waals surface area contributed by atoms with Gasteiger partial charge >= 0.3 is 103 Å². The molecule has 0 saturated heterocycles. The number of anilines is 1. The number of methoxy groups -OCH3 is 3. The molecule has 5 aromatic heterocycles. The number of pyridine rings is 3. The molecule has 110 heavy (non-hydrogen) atoms. The molecule has 5 heterocycles. The Morgan fingerprint density at radius 1 is 0.555 bits per heavy atom. The largest absolute Gasteiger partial charge is 1.00 e. The van der Waals surface area contributed by atoms with Gasteiger partial charge in [0.25, 0.3) is 6.47 Å². The molecule has 0 amide bonds. The van der Waals surface area contributed by atoms with Crippen LogP contribution in [0.1, 0.15) is 209 Å². The molecule has 12 aliphatic rings. The van der Waals surface area contributed by atoms with Gasteiger partial charge in [0.1, 0.15) is 34.6 Å². The summed E-state index contributed by atoms with van der Waals surface area (Å²) < 4.78 is 19.6. The van der Waals surface area contributed by atoms with Gasteiger partial charge in [0.15, 0.2) is 11.6 Å². The monoisotopic (exact) mass is 1630 g/mol. The average Bonchev–Trinajstić information content (AvgIpc) is 1.66. The molecule has 17 rings (SSSR count). The third kappa shape index (κ3) is 18.6. The number of ketones is 3. The van der Waals surface area contributed by atoms with E-state index in [2.05, 4.69) is 66.7 Å². The standard InChI is InChI=1S/2C28H39N3O3.C22H35BrO3.C6H7N3.CH2O3.CH4.2K.H/c1-27-11-9-20-19-10-12-28(33,17-34-2)14-18(19)5-6-21(20)22(27)7-8-23(27)26(32)16-31-25-4-3-13-29-24(25)15-30-31;1-27-11-9-20-19-10-12-28(33,17-34-2)14-18(19)5-6-21(20)22(27)7-8-23(27)26(32)16-31-15-25-24(30-31)4-3-13-29-25;1-21-9-7-16-15-8-10-22(25,13-26-2)11-14(15)3-4-17(16)18(21)5-6-19(21)20(24)12-23;7-4-6-5(8)2-1-3-9-6;2-1-4-3;;;;/h2*3-4,13,15,18-23,33H,5-12,14,16-17H2,1-2H3;14-19,25H,3-13H2,1-2H3;1-4,7H,8H2;1,3H;1H4;;;/q;;;;;;2*+1;-1/p-1/t2*18-,19+,20-,21-,22+,23-,27+,28-;14-,15+,16-,17-,18+,19-,21+,22-;;;;;;/m111....../s1. The number of ether oxygens (including phenoxy) is 3. The number of carbonyl (C=O) groups is 4. The number of halogens is 1. The first-order valence-corrected chi connectivity index (χ1v) is 41.9. The summed E-state index contributed by atoms with van der Waals surface area (Å²) in [6.07, 6.45) is 40.6. The van der Waals surface area contributed by atoms with Crippen LogP contribution in [-0.4, -0.2) is 143 Å². The molecule has 6 N–H and O–H groups in total. The summed E-state index contributed by atoms with van der Waals surface area (Å²) in [4.78, 5) is 63.5. The predicted octanol–water partition coefficient (Wildman–Crippen LogP) is 7.74. The molecule has 0 aliphatic heterocycles. The van der Waals surface area contributed by atoms with Crippen molar-refractivity contribution in [3.63, 3.8) is 0 Å². The maximum Gasteiger partial charge on any atom is 1.00 e. The minimum atomic E-state index is -0.622. The number of nitrogens with two attached hydrogens (primary N) is 1. The number of nitrogen functional groups attached to an aromatic ring is 1. The Hall–Kier alpha value is -2.19. The Bertz CT molecular complexity index is 3880. The van der Waals surface area contributed by atoms with Crippen LogP contribution in [0.4, 0.5) is 5.69 Å². The van der Waals surface area contributed by atoms with Crippen molar-refractivity contribution in [1.82, 2.24) is 34.5 Å². The second-order valence-electron chi connectivity index (χ2n) is 36.3. The van der Waals surface area contributed by atoms with Crippen LogP contribution in [-0.2, 0) is 51.4 Å². The van der Waals surface area contributed by atoms with E-state index in [1.54, 1.807) is 62.9 Å². The Morgan fingerprint density at radius 3 is 1.35 bits per heavy atom. The van der Waals surface area contributed by atoms with Gasteiger partial charge in [-0.1, -0.05) is 44.1 Å². The number of hydrogen-bond acceptors (Lipinski definition) is 19. The number of alkyl halides is 1. The van der Waals surface area contributed by atoms with E-state index in [4.69, 9.17) is 35.4 Å². The van der Waals surface area contributed by atoms with Crippen molar-refractivity contribution in [3.8, 4) is 0 Å². The van der Waals surface area contributed by atoms with Crippen molar-refractivity contribution < 1.29 is 163 Å². The normalized spacial score (nSPS) is 38.6. The van der Waals surface area contributed by atoms with Crippen molar-refractivity contribution in [1.29, 1.82) is 5.41 Å². The van der Waals surface area contributed by atoms with Crippen LogP contribution in [0.15, 0.2) is 67.4 Å². The third-order valence-corrected chi connectivity index (χ3v) is 31.8. The predicted molar refractivity (Wildman–Crippen MR) is 418 cm³/mol. The van der Waals surface area contributed by atoms with Gasteiger partial charge in [-0.05, 0) is 315 Å². The zero-order valence-electron chi connectivity index (χ0n) is 67.3. The number of aliphatic hydroxyl groups is 3. The topological polar surface area (TPSA) is 313 Å². The van der Waals surface area contributed by atoms with E-state index in [0.29, 0.717) is 96.6 Å². The Morgan fingerprint density at radius 2 is 0.955 bits per heavy atom. The zero-order valence-corrected chi connectivity index (χ0v) is 74.2. The zero-order chi connectivity index (χ0) is 75.6. The number of Topliss-reactive ketones (excluding diaryl/α,β-unsaturated/α-hetero) is 3. The van der Waals surface area contributed by atoms with Crippen LogP contribution in [0.25, 0.3) is 22.1 Å². The van der Waals surface area contributed by atoms with Gasteiger partial charge in [0.2, 0.25) is 0 Å². The summed E-state index contributed by atoms with van der Waals surface area (Å²) in [6.45, 7) is 9.25. The van der Waals surface area contributed by atoms with E-state index in [1.807, 2.05) is 35.1 Å². The number of aromatic nitrogens is 7. The Kier molecular flexibility index (Phi) is 31.7. The second kappa shape index (κ2) is 38.7. The van der Waals surface area contributed by atoms with Crippen LogP contribution < -0.4 is 114 Å². The van der Waals surface area contributed by atoms with Gasteiger partial charge < -0.3 is 52.2 Å². The number of carbonyl (C=O) groups excluding carboxylic acids is 4. The van der Waals surface area contributed by atoms with E-state index >= 15 is 0 Å². The fourth-order valence-corrected chi connectivity index (χ4v) is 27.3. The molecule has 12 fully saturated rings. The molecule has 0 radical (unpaired) electrons. The molecule has 21 nitrogen and oxygen atoms in total. The molecule has 24 atom stereocenters. The summed E-state index contributed by atoms with van der Waals surface area (Å²) in [5, 5.41) is 57.7. The molecular formula is C86H126BrK2N9O12. The van der Waals surface area contributed by atoms with E-state index in [0.717, 1.165) is 158 Å². The van der Waals surface area contributed by atoms with E-state index in [9.17, 15) is 29.7 Å². The molecule has 0 unspecified atom stereocenters. The summed E-state index contributed by atoms with van der Waals surface area (Å²) in [7, 11) is 5.10. The molecular weight excluding hydrogens is 1510 g/mol. The Labute approximate surface area is 747 Å². The van der Waals surface area contributed by atoms with Crippen molar-refractivity contribution in [3.05, 3.63) is 73.1 Å². The van der Waals surface area contributed by atoms with E-state index in [1.165, 1.54) is 103 Å². The van der Waals surface area contributed by atoms with Crippen molar-refractivity contribution in [2.75, 3.05) is 52.2 Å². The quantitative estimate of drug-likeness (QED) is 0.0157. The Balaban J connectivity index is 0.000000175. The first kappa shape index (κ1) is 90.1. The first-order chi connectivity index (χ1) is 51.5. The molecule has 0 spiro atoms. The number of hydrogen-bond donors (Lipinski definition) is 5. The molecule has 5 aromatic rings. The number of rotatable bonds is 16. The van der Waals surface area contributed by atoms with Crippen molar-refractivity contribution in [2.45, 2.75) is 231 Å². The van der Waals surface area contributed by atoms with Crippen molar-refractivity contribution >= 4 is 73.7 Å². The molecule has 0 aromatic carbocycles. The van der Waals surface area contributed by atoms with Crippen LogP contribution in [0.5, 0.6) is 0 Å². The second-order valence-corrected chi connectivity index (χ2v) is 36.9. The minimum absolute atomic E-state index is 0. The molecule has 0 bridgehead atoms. The average molecular weight is 1640 g/mol. The summed E-state index contributed by atoms with van der Waals surface area (Å²) in [5.41, 5.74) is 8.66. The van der Waals surface area contributed by atoms with Crippen LogP contribution >= 0.6 is 15.9 Å². The SMILES string of the molecule is C.COC[C@@]1(O)CC[C@H]2[C@H](CC[C@@H]3[C@@H]2CC[C@]2(C)[C@@H](C(=O)CBr)CC[C@@H]32)C1.COC[C@@]1(O)CC[C@H]2[C@H](CC[C@@H]3[C@@H]2CC[C@]2(C)[C@@H](C(=O)Cn4cc5ncccc5n4)CC[C@@H]32)C1.COC[C@@]1(O)CC[C@H]2[C@H](CC[C@@H]3[C@@H]2CC[C@]2(C)[C@@H](C(=O)Cn4ncc5ncccc54)CC[C@@H]32)C1.N=Cc1ncccc1N.O=CO[O-].[H-].[K+].[K+]. The number of nitrogens with one attached hydrogen (secondary N) is 1. The minimum Gasteiger partial charge on any atom is -1.00 e. The van der Waals surface area contributed by atoms with Gasteiger partial charge in [-0.25, -0.2) is 0 Å². The number of fused-ring (bicyclic) bond motifs is 17. The first-order valence-electron chi connectivity index (χ1n) is 40.8. The molecule has 12 saturated carbocycles. The van der Waals surface area contributed by atoms with Crippen LogP contribution in [0.3, 0.4) is 0 Å². The summed E-state index contributed by atoms with van der Waals surface area (Å²) in [5.74, 6) is 12.7. The van der Waals surface area contributed by atoms with Gasteiger partial charge in [0, 0.05) is 63.9 Å². The fourth-order valence-electron chi connectivity index (χ4n) is 26.9. The maximum atomic E-state index is 13.6. The van der Waals surface area contributed by atoms with Gasteiger partial charge in [-0.15, -0.1) is 0 Å². The third-order valence-electron chi connectivity index (χ3n) is 31.3. The summed E-state index contributed by atoms with van der Waals surface area (Å²) in [6, 6.07) is 11.2.